The van der Waals surface area contributed by atoms with Crippen LogP contribution >= 0.6 is 11.6 Å². The molecule has 0 unspecified atom stereocenters. The average molecular weight is 445 g/mol. The maximum absolute atomic E-state index is 13.1. The fourth-order valence-electron chi connectivity index (χ4n) is 3.31. The number of nitrogens with one attached hydrogen (secondary N) is 2. The molecular formula is C25H21ClN4O2. The highest BCUT2D eigenvalue weighted by Gasteiger charge is 2.18. The zero-order valence-electron chi connectivity index (χ0n) is 17.4. The fraction of sp³-hybridized carbons (Fsp3) is 0.0800. The molecule has 7 heteroatoms. The number of hydrogen-bond donors (Lipinski definition) is 2. The minimum Gasteiger partial charge on any atom is -0.348 e. The van der Waals surface area contributed by atoms with E-state index < -0.39 is 0 Å². The molecule has 0 fully saturated rings. The Balaban J connectivity index is 1.61. The van der Waals surface area contributed by atoms with Gasteiger partial charge in [-0.05, 0) is 42.0 Å². The molecule has 0 saturated carbocycles. The van der Waals surface area contributed by atoms with Crippen molar-refractivity contribution >= 4 is 29.1 Å². The minimum atomic E-state index is -0.248. The summed E-state index contributed by atoms with van der Waals surface area (Å²) in [5.41, 5.74) is 4.21. The van der Waals surface area contributed by atoms with E-state index in [0.29, 0.717) is 28.5 Å². The Labute approximate surface area is 190 Å². The lowest BCUT2D eigenvalue weighted by molar-refractivity contribution is -0.114. The number of benzene rings is 3. The number of amides is 2. The monoisotopic (exact) mass is 444 g/mol. The molecule has 0 aliphatic heterocycles. The van der Waals surface area contributed by atoms with Gasteiger partial charge in [-0.2, -0.15) is 5.10 Å². The van der Waals surface area contributed by atoms with E-state index in [2.05, 4.69) is 15.7 Å². The van der Waals surface area contributed by atoms with Gasteiger partial charge in [0, 0.05) is 35.9 Å². The molecule has 0 aliphatic rings. The number of aromatic nitrogens is 2. The maximum Gasteiger partial charge on any atom is 0.255 e. The Bertz CT molecular complexity index is 1250. The molecule has 0 spiro atoms. The van der Waals surface area contributed by atoms with Crippen molar-refractivity contribution in [2.45, 2.75) is 13.5 Å². The second kappa shape index (κ2) is 9.49. The van der Waals surface area contributed by atoms with Crippen LogP contribution in [-0.2, 0) is 11.3 Å². The Morgan fingerprint density at radius 2 is 1.72 bits per heavy atom. The zero-order valence-corrected chi connectivity index (χ0v) is 18.1. The lowest BCUT2D eigenvalue weighted by Gasteiger charge is -2.08. The fourth-order valence-corrected chi connectivity index (χ4v) is 3.44. The van der Waals surface area contributed by atoms with Gasteiger partial charge in [0.05, 0.1) is 11.3 Å². The van der Waals surface area contributed by atoms with Gasteiger partial charge in [0.25, 0.3) is 5.91 Å². The van der Waals surface area contributed by atoms with Crippen LogP contribution in [0, 0.1) is 0 Å². The van der Waals surface area contributed by atoms with Crippen molar-refractivity contribution in [2.24, 2.45) is 0 Å². The zero-order chi connectivity index (χ0) is 22.5. The second-order valence-corrected chi connectivity index (χ2v) is 7.68. The first kappa shape index (κ1) is 21.3. The standard InChI is InChI=1S/C25H21ClN4O2/c1-17(31)28-21-7-5-6-18(14-21)15-27-25(32)23-16-30(22-8-3-2-4-9-22)29-24(23)19-10-12-20(26)13-11-19/h2-14,16H,15H2,1H3,(H,27,32)(H,28,31). The van der Waals surface area contributed by atoms with Crippen molar-refractivity contribution in [3.8, 4) is 16.9 Å². The van der Waals surface area contributed by atoms with E-state index in [9.17, 15) is 9.59 Å². The van der Waals surface area contributed by atoms with Crippen LogP contribution in [0.5, 0.6) is 0 Å². The summed E-state index contributed by atoms with van der Waals surface area (Å²) in [6, 6.07) is 24.2. The lowest BCUT2D eigenvalue weighted by Crippen LogP contribution is -2.23. The first-order chi connectivity index (χ1) is 15.5. The van der Waals surface area contributed by atoms with Crippen molar-refractivity contribution < 1.29 is 9.59 Å². The van der Waals surface area contributed by atoms with Crippen LogP contribution < -0.4 is 10.6 Å². The smallest absolute Gasteiger partial charge is 0.255 e. The highest BCUT2D eigenvalue weighted by molar-refractivity contribution is 6.30. The first-order valence-corrected chi connectivity index (χ1v) is 10.4. The molecule has 0 radical (unpaired) electrons. The van der Waals surface area contributed by atoms with Crippen LogP contribution in [0.2, 0.25) is 5.02 Å². The lowest BCUT2D eigenvalue weighted by atomic mass is 10.1. The molecule has 4 rings (SSSR count). The Morgan fingerprint density at radius 3 is 2.44 bits per heavy atom. The summed E-state index contributed by atoms with van der Waals surface area (Å²) in [7, 11) is 0. The number of carbonyl (C=O) groups is 2. The van der Waals surface area contributed by atoms with Crippen LogP contribution in [0.3, 0.4) is 0 Å². The van der Waals surface area contributed by atoms with Gasteiger partial charge in [0.2, 0.25) is 5.91 Å². The molecule has 0 atom stereocenters. The second-order valence-electron chi connectivity index (χ2n) is 7.24. The van der Waals surface area contributed by atoms with E-state index in [1.807, 2.05) is 60.7 Å². The average Bonchev–Trinajstić information content (AvgIpc) is 3.24. The third-order valence-electron chi connectivity index (χ3n) is 4.80. The number of rotatable bonds is 6. The predicted molar refractivity (Wildman–Crippen MR) is 126 cm³/mol. The number of carbonyl (C=O) groups excluding carboxylic acids is 2. The van der Waals surface area contributed by atoms with Crippen LogP contribution in [0.1, 0.15) is 22.8 Å². The van der Waals surface area contributed by atoms with Crippen LogP contribution in [0.4, 0.5) is 5.69 Å². The van der Waals surface area contributed by atoms with Gasteiger partial charge in [0.15, 0.2) is 0 Å². The molecular weight excluding hydrogens is 424 g/mol. The van der Waals surface area contributed by atoms with Crippen molar-refractivity contribution in [1.82, 2.24) is 15.1 Å². The third-order valence-corrected chi connectivity index (χ3v) is 5.05. The highest BCUT2D eigenvalue weighted by Crippen LogP contribution is 2.25. The summed E-state index contributed by atoms with van der Waals surface area (Å²) < 4.78 is 1.69. The molecule has 1 heterocycles. The molecule has 1 aromatic heterocycles. The molecule has 160 valence electrons. The number of hydrogen-bond acceptors (Lipinski definition) is 3. The summed E-state index contributed by atoms with van der Waals surface area (Å²) in [4.78, 5) is 24.4. The summed E-state index contributed by atoms with van der Waals surface area (Å²) in [5, 5.41) is 11.0. The van der Waals surface area contributed by atoms with E-state index in [1.165, 1.54) is 6.92 Å². The van der Waals surface area contributed by atoms with Gasteiger partial charge in [-0.3, -0.25) is 9.59 Å². The van der Waals surface area contributed by atoms with E-state index in [-0.39, 0.29) is 11.8 Å². The molecule has 0 bridgehead atoms. The van der Waals surface area contributed by atoms with E-state index in [1.54, 1.807) is 29.1 Å². The van der Waals surface area contributed by atoms with Crippen molar-refractivity contribution in [3.63, 3.8) is 0 Å². The quantitative estimate of drug-likeness (QED) is 0.435. The van der Waals surface area contributed by atoms with Crippen molar-refractivity contribution in [3.05, 3.63) is 101 Å². The highest BCUT2D eigenvalue weighted by atomic mass is 35.5. The number of anilines is 1. The van der Waals surface area contributed by atoms with Gasteiger partial charge in [0.1, 0.15) is 5.69 Å². The van der Waals surface area contributed by atoms with Crippen molar-refractivity contribution in [2.75, 3.05) is 5.32 Å². The Morgan fingerprint density at radius 1 is 0.969 bits per heavy atom. The molecule has 2 amide bonds. The van der Waals surface area contributed by atoms with Gasteiger partial charge in [-0.25, -0.2) is 4.68 Å². The largest absolute Gasteiger partial charge is 0.348 e. The summed E-state index contributed by atoms with van der Waals surface area (Å²) in [6.07, 6.45) is 1.72. The SMILES string of the molecule is CC(=O)Nc1cccc(CNC(=O)c2cn(-c3ccccc3)nc2-c2ccc(Cl)cc2)c1. The van der Waals surface area contributed by atoms with Crippen LogP contribution in [-0.4, -0.2) is 21.6 Å². The minimum absolute atomic E-state index is 0.146. The summed E-state index contributed by atoms with van der Waals surface area (Å²) >= 11 is 6.03. The third kappa shape index (κ3) is 5.04. The van der Waals surface area contributed by atoms with E-state index in [4.69, 9.17) is 11.6 Å². The normalized spacial score (nSPS) is 10.6. The number of para-hydroxylation sites is 1. The maximum atomic E-state index is 13.1. The summed E-state index contributed by atoms with van der Waals surface area (Å²) in [6.45, 7) is 1.76. The molecule has 32 heavy (non-hydrogen) atoms. The summed E-state index contributed by atoms with van der Waals surface area (Å²) in [5.74, 6) is -0.394. The predicted octanol–water partition coefficient (Wildman–Crippen LogP) is 5.08. The van der Waals surface area contributed by atoms with Crippen LogP contribution in [0.25, 0.3) is 16.9 Å². The van der Waals surface area contributed by atoms with Crippen LogP contribution in [0.15, 0.2) is 85.1 Å². The Hall–Kier alpha value is -3.90. The van der Waals surface area contributed by atoms with Gasteiger partial charge < -0.3 is 10.6 Å². The van der Waals surface area contributed by atoms with Crippen molar-refractivity contribution in [1.29, 1.82) is 0 Å². The molecule has 6 nitrogen and oxygen atoms in total. The topological polar surface area (TPSA) is 76.0 Å². The first-order valence-electron chi connectivity index (χ1n) is 10.1. The van der Waals surface area contributed by atoms with E-state index >= 15 is 0 Å². The molecule has 3 aromatic carbocycles. The Kier molecular flexibility index (Phi) is 6.33. The van der Waals surface area contributed by atoms with Gasteiger partial charge in [-0.15, -0.1) is 0 Å². The number of nitrogens with zero attached hydrogens (tertiary/aromatic N) is 2. The molecule has 4 aromatic rings. The molecule has 0 saturated heterocycles. The van der Waals surface area contributed by atoms with Gasteiger partial charge in [-0.1, -0.05) is 54.1 Å². The molecule has 0 aliphatic carbocycles. The van der Waals surface area contributed by atoms with E-state index in [0.717, 1.165) is 16.8 Å². The van der Waals surface area contributed by atoms with Gasteiger partial charge >= 0.3 is 0 Å². The number of halogens is 1. The molecule has 2 N–H and O–H groups in total.